The number of halogens is 1. The minimum absolute atomic E-state index is 0.0942. The first kappa shape index (κ1) is 17.7. The van der Waals surface area contributed by atoms with E-state index in [4.69, 9.17) is 5.11 Å². The van der Waals surface area contributed by atoms with Crippen molar-refractivity contribution >= 4 is 15.9 Å². The lowest BCUT2D eigenvalue weighted by Gasteiger charge is -2.36. The van der Waals surface area contributed by atoms with Crippen LogP contribution in [0, 0.1) is 5.41 Å². The predicted octanol–water partition coefficient (Wildman–Crippen LogP) is 4.28. The van der Waals surface area contributed by atoms with E-state index in [1.54, 1.807) is 0 Å². The summed E-state index contributed by atoms with van der Waals surface area (Å²) in [7, 11) is 0. The van der Waals surface area contributed by atoms with Crippen LogP contribution in [0.25, 0.3) is 0 Å². The maximum atomic E-state index is 10.3. The zero-order valence-electron chi connectivity index (χ0n) is 13.0. The molecular formula is C17H27BrO2. The minimum atomic E-state index is -0.415. The highest BCUT2D eigenvalue weighted by atomic mass is 79.9. The summed E-state index contributed by atoms with van der Waals surface area (Å²) in [5.74, 6) is 0. The lowest BCUT2D eigenvalue weighted by atomic mass is 9.70. The van der Waals surface area contributed by atoms with E-state index in [1.165, 1.54) is 0 Å². The Morgan fingerprint density at radius 3 is 2.30 bits per heavy atom. The van der Waals surface area contributed by atoms with Gasteiger partial charge in [-0.1, -0.05) is 48.8 Å². The summed E-state index contributed by atoms with van der Waals surface area (Å²) in [6, 6.07) is 8.18. The second-order valence-corrected chi connectivity index (χ2v) is 7.66. The van der Waals surface area contributed by atoms with E-state index in [1.807, 2.05) is 19.1 Å². The molecule has 1 rings (SSSR count). The molecule has 0 amide bonds. The van der Waals surface area contributed by atoms with Crippen LogP contribution < -0.4 is 0 Å². The Hall–Kier alpha value is -0.380. The monoisotopic (exact) mass is 342 g/mol. The van der Waals surface area contributed by atoms with Crippen molar-refractivity contribution in [3.05, 3.63) is 34.3 Å². The zero-order chi connectivity index (χ0) is 15.4. The van der Waals surface area contributed by atoms with Crippen LogP contribution in [0.15, 0.2) is 28.7 Å². The third kappa shape index (κ3) is 4.57. The molecule has 0 aliphatic rings. The van der Waals surface area contributed by atoms with Crippen LogP contribution in [0.3, 0.4) is 0 Å². The molecular weight excluding hydrogens is 316 g/mol. The van der Waals surface area contributed by atoms with Gasteiger partial charge < -0.3 is 10.2 Å². The van der Waals surface area contributed by atoms with Crippen LogP contribution in [-0.4, -0.2) is 22.9 Å². The number of hydrogen-bond donors (Lipinski definition) is 2. The standard InChI is InChI=1S/C17H27BrO2/c1-13(20)17(4,9-8-16(2,3)10-11-19)14-6-5-7-15(18)12-14/h5-7,12-13,19-20H,8-11H2,1-4H3. The fourth-order valence-corrected chi connectivity index (χ4v) is 2.86. The van der Waals surface area contributed by atoms with Gasteiger partial charge in [0.25, 0.3) is 0 Å². The Bertz CT molecular complexity index is 429. The van der Waals surface area contributed by atoms with Gasteiger partial charge in [-0.25, -0.2) is 0 Å². The van der Waals surface area contributed by atoms with E-state index in [2.05, 4.69) is 48.8 Å². The van der Waals surface area contributed by atoms with Crippen molar-refractivity contribution in [1.29, 1.82) is 0 Å². The van der Waals surface area contributed by atoms with Crippen molar-refractivity contribution < 1.29 is 10.2 Å². The molecule has 114 valence electrons. The van der Waals surface area contributed by atoms with Gasteiger partial charge in [-0.15, -0.1) is 0 Å². The van der Waals surface area contributed by atoms with E-state index in [0.717, 1.165) is 29.3 Å². The molecule has 1 aromatic carbocycles. The molecule has 0 radical (unpaired) electrons. The van der Waals surface area contributed by atoms with Crippen LogP contribution in [-0.2, 0) is 5.41 Å². The summed E-state index contributed by atoms with van der Waals surface area (Å²) in [5.41, 5.74) is 0.981. The lowest BCUT2D eigenvalue weighted by molar-refractivity contribution is 0.0867. The molecule has 0 aliphatic carbocycles. The smallest absolute Gasteiger partial charge is 0.0606 e. The molecule has 0 saturated heterocycles. The maximum Gasteiger partial charge on any atom is 0.0606 e. The normalized spacial score (nSPS) is 16.8. The number of rotatable bonds is 7. The summed E-state index contributed by atoms with van der Waals surface area (Å²) in [6.07, 6.45) is 2.25. The van der Waals surface area contributed by atoms with Crippen molar-refractivity contribution in [2.45, 2.75) is 58.5 Å². The zero-order valence-corrected chi connectivity index (χ0v) is 14.6. The number of aliphatic hydroxyl groups is 2. The molecule has 0 heterocycles. The first-order valence-corrected chi connectivity index (χ1v) is 8.05. The number of aliphatic hydroxyl groups excluding tert-OH is 2. The topological polar surface area (TPSA) is 40.5 Å². The molecule has 0 saturated carbocycles. The molecule has 0 spiro atoms. The predicted molar refractivity (Wildman–Crippen MR) is 87.9 cm³/mol. The van der Waals surface area contributed by atoms with Crippen LogP contribution in [0.2, 0.25) is 0 Å². The first-order chi connectivity index (χ1) is 9.21. The van der Waals surface area contributed by atoms with Gasteiger partial charge in [0.15, 0.2) is 0 Å². The Labute approximate surface area is 131 Å². The summed E-state index contributed by atoms with van der Waals surface area (Å²) >= 11 is 3.50. The van der Waals surface area contributed by atoms with E-state index in [-0.39, 0.29) is 17.4 Å². The fraction of sp³-hybridized carbons (Fsp3) is 0.647. The number of benzene rings is 1. The van der Waals surface area contributed by atoms with Crippen LogP contribution in [0.1, 0.15) is 52.5 Å². The van der Waals surface area contributed by atoms with Gasteiger partial charge >= 0.3 is 0 Å². The molecule has 0 aliphatic heterocycles. The third-order valence-electron chi connectivity index (χ3n) is 4.52. The molecule has 3 heteroatoms. The quantitative estimate of drug-likeness (QED) is 0.776. The van der Waals surface area contributed by atoms with Gasteiger partial charge in [-0.2, -0.15) is 0 Å². The molecule has 1 aromatic rings. The van der Waals surface area contributed by atoms with Gasteiger partial charge in [0.2, 0.25) is 0 Å². The average molecular weight is 343 g/mol. The Morgan fingerprint density at radius 2 is 1.80 bits per heavy atom. The van der Waals surface area contributed by atoms with Gasteiger partial charge in [0.05, 0.1) is 6.10 Å². The first-order valence-electron chi connectivity index (χ1n) is 7.26. The lowest BCUT2D eigenvalue weighted by Crippen LogP contribution is -2.36. The summed E-state index contributed by atoms with van der Waals surface area (Å²) in [4.78, 5) is 0. The van der Waals surface area contributed by atoms with E-state index in [0.29, 0.717) is 0 Å². The highest BCUT2D eigenvalue weighted by Gasteiger charge is 2.34. The highest BCUT2D eigenvalue weighted by Crippen LogP contribution is 2.38. The molecule has 0 aromatic heterocycles. The average Bonchev–Trinajstić information content (AvgIpc) is 2.35. The van der Waals surface area contributed by atoms with Gasteiger partial charge in [-0.05, 0) is 49.3 Å². The van der Waals surface area contributed by atoms with E-state index >= 15 is 0 Å². The molecule has 0 fully saturated rings. The summed E-state index contributed by atoms with van der Waals surface area (Å²) in [6.45, 7) is 8.54. The SMILES string of the molecule is CC(O)C(C)(CCC(C)(C)CCO)c1cccc(Br)c1. The second-order valence-electron chi connectivity index (χ2n) is 6.74. The van der Waals surface area contributed by atoms with Crippen molar-refractivity contribution in [3.63, 3.8) is 0 Å². The van der Waals surface area contributed by atoms with Gasteiger partial charge in [0.1, 0.15) is 0 Å². The summed E-state index contributed by atoms with van der Waals surface area (Å²) < 4.78 is 1.04. The number of hydrogen-bond acceptors (Lipinski definition) is 2. The molecule has 20 heavy (non-hydrogen) atoms. The Kier molecular flexibility index (Phi) is 6.24. The summed E-state index contributed by atoms with van der Waals surface area (Å²) in [5, 5.41) is 19.4. The Balaban J connectivity index is 2.93. The molecule has 2 atom stereocenters. The molecule has 2 nitrogen and oxygen atoms in total. The van der Waals surface area contributed by atoms with Crippen LogP contribution in [0.5, 0.6) is 0 Å². The van der Waals surface area contributed by atoms with Crippen LogP contribution in [0.4, 0.5) is 0 Å². The van der Waals surface area contributed by atoms with Crippen molar-refractivity contribution in [1.82, 2.24) is 0 Å². The molecule has 0 bridgehead atoms. The fourth-order valence-electron chi connectivity index (χ4n) is 2.46. The second kappa shape index (κ2) is 7.06. The van der Waals surface area contributed by atoms with E-state index < -0.39 is 6.10 Å². The van der Waals surface area contributed by atoms with Crippen molar-refractivity contribution in [3.8, 4) is 0 Å². The van der Waals surface area contributed by atoms with Crippen LogP contribution >= 0.6 is 15.9 Å². The molecule has 2 N–H and O–H groups in total. The third-order valence-corrected chi connectivity index (χ3v) is 5.01. The van der Waals surface area contributed by atoms with Gasteiger partial charge in [-0.3, -0.25) is 0 Å². The molecule has 2 unspecified atom stereocenters. The van der Waals surface area contributed by atoms with Crippen molar-refractivity contribution in [2.75, 3.05) is 6.61 Å². The maximum absolute atomic E-state index is 10.3. The van der Waals surface area contributed by atoms with E-state index in [9.17, 15) is 5.11 Å². The van der Waals surface area contributed by atoms with Crippen molar-refractivity contribution in [2.24, 2.45) is 5.41 Å². The minimum Gasteiger partial charge on any atom is -0.396 e. The van der Waals surface area contributed by atoms with Gasteiger partial charge in [0, 0.05) is 16.5 Å². The Morgan fingerprint density at radius 1 is 1.15 bits per heavy atom. The largest absolute Gasteiger partial charge is 0.396 e. The highest BCUT2D eigenvalue weighted by molar-refractivity contribution is 9.10.